The molecule has 1 rings (SSSR count). The molecule has 0 radical (unpaired) electrons. The predicted octanol–water partition coefficient (Wildman–Crippen LogP) is 3.04. The lowest BCUT2D eigenvalue weighted by Crippen LogP contribution is -2.40. The van der Waals surface area contributed by atoms with Crippen LogP contribution in [0.3, 0.4) is 0 Å². The van der Waals surface area contributed by atoms with Crippen molar-refractivity contribution in [2.75, 3.05) is 19.6 Å². The molecule has 18 heavy (non-hydrogen) atoms. The van der Waals surface area contributed by atoms with Crippen LogP contribution in [-0.2, 0) is 0 Å². The molecule has 5 heteroatoms. The van der Waals surface area contributed by atoms with Gasteiger partial charge in [-0.2, -0.15) is 13.2 Å². The molecule has 1 heterocycles. The molecule has 0 aromatic rings. The van der Waals surface area contributed by atoms with E-state index >= 15 is 0 Å². The molecular weight excluding hydrogens is 241 g/mol. The zero-order chi connectivity index (χ0) is 14.0. The van der Waals surface area contributed by atoms with E-state index < -0.39 is 18.6 Å². The van der Waals surface area contributed by atoms with Gasteiger partial charge in [-0.05, 0) is 53.1 Å². The molecule has 1 aliphatic rings. The van der Waals surface area contributed by atoms with Crippen LogP contribution in [-0.4, -0.2) is 42.3 Å². The maximum atomic E-state index is 12.3. The van der Waals surface area contributed by atoms with E-state index in [1.54, 1.807) is 6.92 Å². The highest BCUT2D eigenvalue weighted by Gasteiger charge is 2.35. The van der Waals surface area contributed by atoms with E-state index in [2.05, 4.69) is 26.1 Å². The quantitative estimate of drug-likeness (QED) is 0.841. The minimum absolute atomic E-state index is 0.0744. The van der Waals surface area contributed by atoms with Crippen LogP contribution in [0.4, 0.5) is 13.2 Å². The molecule has 0 saturated carbocycles. The number of halogens is 3. The van der Waals surface area contributed by atoms with Gasteiger partial charge in [0, 0.05) is 18.1 Å². The number of hydrogen-bond acceptors (Lipinski definition) is 2. The van der Waals surface area contributed by atoms with E-state index in [0.29, 0.717) is 5.92 Å². The van der Waals surface area contributed by atoms with Crippen LogP contribution in [0.1, 0.15) is 40.5 Å². The molecule has 2 nitrogen and oxygen atoms in total. The Morgan fingerprint density at radius 1 is 1.28 bits per heavy atom. The molecule has 0 aromatic heterocycles. The topological polar surface area (TPSA) is 15.3 Å². The Labute approximate surface area is 108 Å². The van der Waals surface area contributed by atoms with Crippen LogP contribution in [0.5, 0.6) is 0 Å². The van der Waals surface area contributed by atoms with Crippen molar-refractivity contribution in [3.63, 3.8) is 0 Å². The van der Waals surface area contributed by atoms with Crippen LogP contribution in [0.25, 0.3) is 0 Å². The van der Waals surface area contributed by atoms with Gasteiger partial charge in [0.1, 0.15) is 0 Å². The fourth-order valence-corrected chi connectivity index (χ4v) is 2.34. The second kappa shape index (κ2) is 5.78. The van der Waals surface area contributed by atoms with Gasteiger partial charge in [0.15, 0.2) is 0 Å². The highest BCUT2D eigenvalue weighted by atomic mass is 19.4. The summed E-state index contributed by atoms with van der Waals surface area (Å²) >= 11 is 0. The maximum absolute atomic E-state index is 12.3. The summed E-state index contributed by atoms with van der Waals surface area (Å²) in [4.78, 5) is 1.96. The number of nitrogens with zero attached hydrogens (tertiary/aromatic N) is 1. The lowest BCUT2D eigenvalue weighted by atomic mass is 10.1. The Balaban J connectivity index is 2.32. The Morgan fingerprint density at radius 2 is 1.89 bits per heavy atom. The van der Waals surface area contributed by atoms with Gasteiger partial charge in [-0.25, -0.2) is 0 Å². The molecule has 1 N–H and O–H groups in total. The van der Waals surface area contributed by atoms with Crippen molar-refractivity contribution in [3.8, 4) is 0 Å². The smallest absolute Gasteiger partial charge is 0.312 e. The summed E-state index contributed by atoms with van der Waals surface area (Å²) < 4.78 is 37.0. The van der Waals surface area contributed by atoms with Crippen molar-refractivity contribution in [2.24, 2.45) is 5.92 Å². The van der Waals surface area contributed by atoms with Gasteiger partial charge < -0.3 is 5.32 Å². The largest absolute Gasteiger partial charge is 0.390 e. The summed E-state index contributed by atoms with van der Waals surface area (Å²) in [7, 11) is 0. The zero-order valence-electron chi connectivity index (χ0n) is 11.8. The second-order valence-electron chi connectivity index (χ2n) is 6.45. The molecule has 2 unspecified atom stereocenters. The molecule has 0 aromatic carbocycles. The number of rotatable bonds is 4. The van der Waals surface area contributed by atoms with Crippen molar-refractivity contribution < 1.29 is 13.2 Å². The van der Waals surface area contributed by atoms with E-state index in [0.717, 1.165) is 26.1 Å². The molecule has 0 spiro atoms. The normalized spacial score (nSPS) is 24.5. The molecule has 1 saturated heterocycles. The third-order valence-electron chi connectivity index (χ3n) is 3.39. The van der Waals surface area contributed by atoms with E-state index in [-0.39, 0.29) is 5.54 Å². The molecule has 0 amide bonds. The Morgan fingerprint density at radius 3 is 2.39 bits per heavy atom. The van der Waals surface area contributed by atoms with Crippen molar-refractivity contribution in [1.82, 2.24) is 10.2 Å². The lowest BCUT2D eigenvalue weighted by Gasteiger charge is -2.26. The van der Waals surface area contributed by atoms with E-state index in [4.69, 9.17) is 0 Å². The van der Waals surface area contributed by atoms with Crippen LogP contribution < -0.4 is 5.32 Å². The average molecular weight is 266 g/mol. The third-order valence-corrected chi connectivity index (χ3v) is 3.39. The summed E-state index contributed by atoms with van der Waals surface area (Å²) in [6, 6.07) is -0.398. The first kappa shape index (κ1) is 15.8. The third kappa shape index (κ3) is 6.05. The monoisotopic (exact) mass is 266 g/mol. The summed E-state index contributed by atoms with van der Waals surface area (Å²) in [5, 5.41) is 3.42. The summed E-state index contributed by atoms with van der Waals surface area (Å²) in [6.07, 6.45) is -3.77. The van der Waals surface area contributed by atoms with E-state index in [1.807, 2.05) is 4.90 Å². The standard InChI is InChI=1S/C13H25F3N2/c1-10(7-13(14,15)16)18-6-5-11(9-18)8-17-12(2,3)4/h10-11,17H,5-9H2,1-4H3. The molecule has 2 atom stereocenters. The first-order chi connectivity index (χ1) is 8.07. The molecule has 108 valence electrons. The van der Waals surface area contributed by atoms with Gasteiger partial charge >= 0.3 is 6.18 Å². The van der Waals surface area contributed by atoms with Gasteiger partial charge in [0.25, 0.3) is 0 Å². The Hall–Kier alpha value is -0.290. The van der Waals surface area contributed by atoms with Crippen molar-refractivity contribution in [3.05, 3.63) is 0 Å². The predicted molar refractivity (Wildman–Crippen MR) is 67.6 cm³/mol. The van der Waals surface area contributed by atoms with E-state index in [1.165, 1.54) is 0 Å². The van der Waals surface area contributed by atoms with Gasteiger partial charge in [-0.3, -0.25) is 4.90 Å². The van der Waals surface area contributed by atoms with Crippen molar-refractivity contribution in [1.29, 1.82) is 0 Å². The summed E-state index contributed by atoms with van der Waals surface area (Å²) in [5.41, 5.74) is 0.0744. The van der Waals surface area contributed by atoms with Gasteiger partial charge in [0.05, 0.1) is 6.42 Å². The van der Waals surface area contributed by atoms with Crippen LogP contribution in [0.2, 0.25) is 0 Å². The number of nitrogens with one attached hydrogen (secondary N) is 1. The first-order valence-corrected chi connectivity index (χ1v) is 6.63. The molecule has 0 bridgehead atoms. The molecular formula is C13H25F3N2. The van der Waals surface area contributed by atoms with Crippen LogP contribution >= 0.6 is 0 Å². The van der Waals surface area contributed by atoms with Gasteiger partial charge in [0.2, 0.25) is 0 Å². The Bertz CT molecular complexity index is 258. The van der Waals surface area contributed by atoms with Gasteiger partial charge in [-0.1, -0.05) is 0 Å². The minimum atomic E-state index is -4.05. The number of alkyl halides is 3. The fraction of sp³-hybridized carbons (Fsp3) is 1.00. The van der Waals surface area contributed by atoms with Crippen LogP contribution in [0, 0.1) is 5.92 Å². The number of hydrogen-bond donors (Lipinski definition) is 1. The second-order valence-corrected chi connectivity index (χ2v) is 6.45. The Kier molecular flexibility index (Phi) is 5.06. The molecule has 1 fully saturated rings. The number of likely N-dealkylation sites (tertiary alicyclic amines) is 1. The highest BCUT2D eigenvalue weighted by molar-refractivity contribution is 4.83. The highest BCUT2D eigenvalue weighted by Crippen LogP contribution is 2.27. The molecule has 0 aliphatic carbocycles. The first-order valence-electron chi connectivity index (χ1n) is 6.63. The summed E-state index contributed by atoms with van der Waals surface area (Å²) in [6.45, 7) is 10.4. The SMILES string of the molecule is CC(CC(F)(F)F)N1CCC(CNC(C)(C)C)C1. The maximum Gasteiger partial charge on any atom is 0.390 e. The van der Waals surface area contributed by atoms with Gasteiger partial charge in [-0.15, -0.1) is 0 Å². The fourth-order valence-electron chi connectivity index (χ4n) is 2.34. The van der Waals surface area contributed by atoms with Crippen molar-refractivity contribution >= 4 is 0 Å². The van der Waals surface area contributed by atoms with Crippen molar-refractivity contribution in [2.45, 2.75) is 58.3 Å². The lowest BCUT2D eigenvalue weighted by molar-refractivity contribution is -0.145. The minimum Gasteiger partial charge on any atom is -0.312 e. The van der Waals surface area contributed by atoms with Crippen LogP contribution in [0.15, 0.2) is 0 Å². The molecule has 1 aliphatic heterocycles. The summed E-state index contributed by atoms with van der Waals surface area (Å²) in [5.74, 6) is 0.472. The van der Waals surface area contributed by atoms with E-state index in [9.17, 15) is 13.2 Å². The average Bonchev–Trinajstić information content (AvgIpc) is 2.58. The zero-order valence-corrected chi connectivity index (χ0v) is 11.8.